The van der Waals surface area contributed by atoms with Gasteiger partial charge in [0.1, 0.15) is 0 Å². The van der Waals surface area contributed by atoms with Gasteiger partial charge in [-0.05, 0) is 51.2 Å². The average Bonchev–Trinajstić information content (AvgIpc) is 2.03. The summed E-state index contributed by atoms with van der Waals surface area (Å²) in [6.07, 6.45) is 10.1. The normalized spacial score (nSPS) is 29.7. The van der Waals surface area contributed by atoms with Crippen molar-refractivity contribution in [2.24, 2.45) is 5.92 Å². The van der Waals surface area contributed by atoms with E-state index in [0.29, 0.717) is 6.10 Å². The second-order valence-electron chi connectivity index (χ2n) is 5.37. The molecule has 14 heavy (non-hydrogen) atoms. The van der Waals surface area contributed by atoms with Gasteiger partial charge in [0.2, 0.25) is 0 Å². The summed E-state index contributed by atoms with van der Waals surface area (Å²) in [5.41, 5.74) is 0. The minimum Gasteiger partial charge on any atom is -0.414 e. The highest BCUT2D eigenvalue weighted by molar-refractivity contribution is 6.69. The molecule has 0 aliphatic heterocycles. The molecule has 0 heterocycles. The van der Waals surface area contributed by atoms with Crippen molar-refractivity contribution in [3.05, 3.63) is 12.2 Å². The predicted molar refractivity (Wildman–Crippen MR) is 65.0 cm³/mol. The molecule has 1 nitrogen and oxygen atoms in total. The van der Waals surface area contributed by atoms with Crippen LogP contribution in [0.5, 0.6) is 0 Å². The van der Waals surface area contributed by atoms with Gasteiger partial charge in [-0.2, -0.15) is 0 Å². The quantitative estimate of drug-likeness (QED) is 0.497. The molecule has 0 N–H and O–H groups in total. The van der Waals surface area contributed by atoms with Crippen LogP contribution in [-0.2, 0) is 4.43 Å². The molecule has 0 aromatic rings. The van der Waals surface area contributed by atoms with E-state index < -0.39 is 8.32 Å². The molecule has 0 bridgehead atoms. The van der Waals surface area contributed by atoms with Crippen molar-refractivity contribution in [2.75, 3.05) is 0 Å². The summed E-state index contributed by atoms with van der Waals surface area (Å²) < 4.78 is 6.23. The Morgan fingerprint density at radius 3 is 2.21 bits per heavy atom. The maximum absolute atomic E-state index is 6.23. The summed E-state index contributed by atoms with van der Waals surface area (Å²) in [6, 6.07) is 0. The highest BCUT2D eigenvalue weighted by Gasteiger charge is 2.25. The molecule has 2 atom stereocenters. The second kappa shape index (κ2) is 5.13. The molecular formula is C12H24OSi. The van der Waals surface area contributed by atoms with Crippen molar-refractivity contribution in [1.29, 1.82) is 0 Å². The van der Waals surface area contributed by atoms with E-state index in [1.807, 2.05) is 0 Å². The van der Waals surface area contributed by atoms with Crippen LogP contribution < -0.4 is 0 Å². The molecule has 0 saturated heterocycles. The molecule has 1 aliphatic carbocycles. The third kappa shape index (κ3) is 4.42. The van der Waals surface area contributed by atoms with Gasteiger partial charge in [-0.25, -0.2) is 0 Å². The summed E-state index contributed by atoms with van der Waals surface area (Å²) in [4.78, 5) is 0. The molecule has 0 aromatic carbocycles. The Bertz CT molecular complexity index is 193. The third-order valence-electron chi connectivity index (χ3n) is 2.71. The first-order chi connectivity index (χ1) is 6.49. The number of rotatable bonds is 2. The zero-order chi connectivity index (χ0) is 10.6. The van der Waals surface area contributed by atoms with E-state index in [0.717, 1.165) is 5.92 Å². The van der Waals surface area contributed by atoms with Crippen LogP contribution in [-0.4, -0.2) is 14.4 Å². The van der Waals surface area contributed by atoms with Crippen LogP contribution in [0.3, 0.4) is 0 Å². The van der Waals surface area contributed by atoms with Crippen molar-refractivity contribution in [1.82, 2.24) is 0 Å². The Balaban J connectivity index is 2.51. The van der Waals surface area contributed by atoms with Crippen molar-refractivity contribution < 1.29 is 4.43 Å². The van der Waals surface area contributed by atoms with Crippen LogP contribution >= 0.6 is 0 Å². The number of hydrogen-bond donors (Lipinski definition) is 0. The van der Waals surface area contributed by atoms with Crippen LogP contribution in [0, 0.1) is 5.92 Å². The largest absolute Gasteiger partial charge is 0.414 e. The third-order valence-corrected chi connectivity index (χ3v) is 3.72. The van der Waals surface area contributed by atoms with E-state index >= 15 is 0 Å². The predicted octanol–water partition coefficient (Wildman–Crippen LogP) is 3.97. The van der Waals surface area contributed by atoms with Crippen molar-refractivity contribution >= 4 is 8.32 Å². The monoisotopic (exact) mass is 212 g/mol. The molecule has 0 fully saturated rings. The number of allylic oxidation sites excluding steroid dienone is 2. The Morgan fingerprint density at radius 2 is 1.64 bits per heavy atom. The first-order valence-corrected chi connectivity index (χ1v) is 9.23. The summed E-state index contributed by atoms with van der Waals surface area (Å²) in [7, 11) is -1.35. The van der Waals surface area contributed by atoms with Gasteiger partial charge in [0, 0.05) is 6.10 Å². The highest BCUT2D eigenvalue weighted by Crippen LogP contribution is 2.24. The molecule has 0 saturated carbocycles. The molecular weight excluding hydrogens is 188 g/mol. The zero-order valence-corrected chi connectivity index (χ0v) is 11.0. The molecule has 0 aromatic heterocycles. The van der Waals surface area contributed by atoms with Gasteiger partial charge < -0.3 is 4.43 Å². The summed E-state index contributed by atoms with van der Waals surface area (Å²) >= 11 is 0. The molecule has 0 amide bonds. The van der Waals surface area contributed by atoms with E-state index in [9.17, 15) is 0 Å². The van der Waals surface area contributed by atoms with Crippen LogP contribution in [0.25, 0.3) is 0 Å². The Morgan fingerprint density at radius 1 is 1.07 bits per heavy atom. The van der Waals surface area contributed by atoms with Crippen molar-refractivity contribution in [3.8, 4) is 0 Å². The fraction of sp³-hybridized carbons (Fsp3) is 0.833. The fourth-order valence-corrected chi connectivity index (χ4v) is 3.21. The van der Waals surface area contributed by atoms with Gasteiger partial charge in [0.25, 0.3) is 0 Å². The molecule has 0 radical (unpaired) electrons. The molecule has 1 aliphatic rings. The van der Waals surface area contributed by atoms with Crippen molar-refractivity contribution in [2.45, 2.75) is 58.4 Å². The minimum atomic E-state index is -1.35. The Labute approximate surface area is 89.7 Å². The lowest BCUT2D eigenvalue weighted by atomic mass is 9.93. The van der Waals surface area contributed by atoms with E-state index in [1.54, 1.807) is 0 Å². The molecule has 2 heteroatoms. The summed E-state index contributed by atoms with van der Waals surface area (Å²) in [6.45, 7) is 9.20. The van der Waals surface area contributed by atoms with Gasteiger partial charge in [-0.3, -0.25) is 0 Å². The SMILES string of the molecule is CC1CCC=CCCC1O[Si](C)(C)C. The maximum atomic E-state index is 6.23. The van der Waals surface area contributed by atoms with Gasteiger partial charge >= 0.3 is 0 Å². The lowest BCUT2D eigenvalue weighted by Crippen LogP contribution is -2.35. The molecule has 82 valence electrons. The van der Waals surface area contributed by atoms with Crippen LogP contribution in [0.1, 0.15) is 32.6 Å². The summed E-state index contributed by atoms with van der Waals surface area (Å²) in [5, 5.41) is 0. The van der Waals surface area contributed by atoms with Gasteiger partial charge in [-0.1, -0.05) is 19.1 Å². The molecule has 1 rings (SSSR count). The Kier molecular flexibility index (Phi) is 4.39. The Hall–Kier alpha value is -0.0831. The lowest BCUT2D eigenvalue weighted by Gasteiger charge is -2.31. The van der Waals surface area contributed by atoms with E-state index in [2.05, 4.69) is 38.7 Å². The van der Waals surface area contributed by atoms with E-state index in [1.165, 1.54) is 25.7 Å². The smallest absolute Gasteiger partial charge is 0.184 e. The van der Waals surface area contributed by atoms with Gasteiger partial charge in [0.15, 0.2) is 8.32 Å². The molecule has 0 spiro atoms. The first kappa shape index (κ1) is 12.0. The van der Waals surface area contributed by atoms with Gasteiger partial charge in [0.05, 0.1) is 0 Å². The second-order valence-corrected chi connectivity index (χ2v) is 9.83. The fourth-order valence-electron chi connectivity index (χ4n) is 1.95. The minimum absolute atomic E-state index is 0.506. The van der Waals surface area contributed by atoms with Crippen LogP contribution in [0.15, 0.2) is 12.2 Å². The van der Waals surface area contributed by atoms with Gasteiger partial charge in [-0.15, -0.1) is 0 Å². The van der Waals surface area contributed by atoms with E-state index in [-0.39, 0.29) is 0 Å². The van der Waals surface area contributed by atoms with Crippen molar-refractivity contribution in [3.63, 3.8) is 0 Å². The van der Waals surface area contributed by atoms with Crippen LogP contribution in [0.2, 0.25) is 19.6 Å². The highest BCUT2D eigenvalue weighted by atomic mass is 28.4. The lowest BCUT2D eigenvalue weighted by molar-refractivity contribution is 0.121. The summed E-state index contributed by atoms with van der Waals surface area (Å²) in [5.74, 6) is 0.728. The standard InChI is InChI=1S/C12H24OSi/c1-11-9-7-5-6-8-10-12(11)13-14(2,3)4/h5-6,11-12H,7-10H2,1-4H3. The topological polar surface area (TPSA) is 9.23 Å². The maximum Gasteiger partial charge on any atom is 0.184 e. The zero-order valence-electron chi connectivity index (χ0n) is 10.0. The van der Waals surface area contributed by atoms with Crippen LogP contribution in [0.4, 0.5) is 0 Å². The first-order valence-electron chi connectivity index (χ1n) is 5.82. The average molecular weight is 212 g/mol. The van der Waals surface area contributed by atoms with E-state index in [4.69, 9.17) is 4.43 Å². The molecule has 2 unspecified atom stereocenters. The number of hydrogen-bond acceptors (Lipinski definition) is 1.